The molecule has 0 N–H and O–H groups in total. The van der Waals surface area contributed by atoms with Gasteiger partial charge < -0.3 is 4.42 Å². The van der Waals surface area contributed by atoms with Gasteiger partial charge in [-0.2, -0.15) is 0 Å². The molecule has 0 radical (unpaired) electrons. The van der Waals surface area contributed by atoms with Crippen molar-refractivity contribution in [1.82, 2.24) is 9.97 Å². The van der Waals surface area contributed by atoms with Gasteiger partial charge in [-0.3, -0.25) is 0 Å². The van der Waals surface area contributed by atoms with Gasteiger partial charge in [0, 0.05) is 42.1 Å². The molecule has 156 valence electrons. The minimum atomic E-state index is 0.744. The Morgan fingerprint density at radius 2 is 1.30 bits per heavy atom. The average Bonchev–Trinajstić information content (AvgIpc) is 3.42. The fourth-order valence-electron chi connectivity index (χ4n) is 4.74. The highest BCUT2D eigenvalue weighted by atomic mass is 32.1. The van der Waals surface area contributed by atoms with Crippen molar-refractivity contribution in [2.45, 2.75) is 6.92 Å². The zero-order valence-electron chi connectivity index (χ0n) is 17.9. The maximum atomic E-state index is 6.28. The molecule has 0 unspecified atom stereocenters. The summed E-state index contributed by atoms with van der Waals surface area (Å²) in [6, 6.07) is 31.6. The molecule has 3 heterocycles. The summed E-state index contributed by atoms with van der Waals surface area (Å²) >= 11 is 1.82. The van der Waals surface area contributed by atoms with Gasteiger partial charge in [0.2, 0.25) is 0 Å². The Bertz CT molecular complexity index is 1710. The van der Waals surface area contributed by atoms with Crippen molar-refractivity contribution >= 4 is 53.4 Å². The Morgan fingerprint density at radius 3 is 2.18 bits per heavy atom. The van der Waals surface area contributed by atoms with Crippen molar-refractivity contribution in [2.24, 2.45) is 0 Å². The average molecular weight is 443 g/mol. The molecule has 0 atom stereocenters. The molecule has 3 aromatic heterocycles. The van der Waals surface area contributed by atoms with E-state index in [0.29, 0.717) is 0 Å². The lowest BCUT2D eigenvalue weighted by Gasteiger charge is -2.08. The van der Waals surface area contributed by atoms with E-state index in [9.17, 15) is 0 Å². The third-order valence-corrected chi connectivity index (χ3v) is 7.42. The number of aromatic nitrogens is 2. The molecule has 0 fully saturated rings. The highest BCUT2D eigenvalue weighted by molar-refractivity contribution is 7.26. The number of para-hydroxylation sites is 2. The van der Waals surface area contributed by atoms with Crippen molar-refractivity contribution in [3.05, 3.63) is 96.8 Å². The second-order valence-electron chi connectivity index (χ2n) is 8.25. The molecule has 7 aromatic rings. The predicted octanol–water partition coefficient (Wildman–Crippen LogP) is 8.39. The van der Waals surface area contributed by atoms with Crippen molar-refractivity contribution < 1.29 is 4.42 Å². The smallest absolute Gasteiger partial charge is 0.144 e. The zero-order valence-corrected chi connectivity index (χ0v) is 18.7. The number of rotatable bonds is 2. The zero-order chi connectivity index (χ0) is 21.9. The second kappa shape index (κ2) is 6.99. The first-order valence-electron chi connectivity index (χ1n) is 10.9. The molecule has 0 saturated carbocycles. The first-order chi connectivity index (χ1) is 16.3. The van der Waals surface area contributed by atoms with Crippen molar-refractivity contribution in [3.63, 3.8) is 0 Å². The highest BCUT2D eigenvalue weighted by Crippen LogP contribution is 2.40. The highest BCUT2D eigenvalue weighted by Gasteiger charge is 2.16. The molecular weight excluding hydrogens is 424 g/mol. The SMILES string of the molecule is Cc1nc(-c2cccc3c2oc2ccccc23)cc(-c2cccc3c2sc2ccccc23)n1. The molecule has 0 aliphatic heterocycles. The van der Waals surface area contributed by atoms with Crippen molar-refractivity contribution in [3.8, 4) is 22.5 Å². The number of furan rings is 1. The van der Waals surface area contributed by atoms with Crippen molar-refractivity contribution in [1.29, 1.82) is 0 Å². The molecule has 3 nitrogen and oxygen atoms in total. The summed E-state index contributed by atoms with van der Waals surface area (Å²) in [6.07, 6.45) is 0. The van der Waals surface area contributed by atoms with Crippen LogP contribution in [0.2, 0.25) is 0 Å². The van der Waals surface area contributed by atoms with Crippen LogP contribution in [0.4, 0.5) is 0 Å². The number of hydrogen-bond acceptors (Lipinski definition) is 4. The summed E-state index contributed by atoms with van der Waals surface area (Å²) in [6.45, 7) is 1.96. The lowest BCUT2D eigenvalue weighted by molar-refractivity contribution is 0.670. The molecule has 33 heavy (non-hydrogen) atoms. The molecule has 0 aliphatic carbocycles. The molecule has 0 aliphatic rings. The van der Waals surface area contributed by atoms with Gasteiger partial charge in [-0.05, 0) is 31.2 Å². The van der Waals surface area contributed by atoms with E-state index in [4.69, 9.17) is 14.4 Å². The van der Waals surface area contributed by atoms with E-state index in [-0.39, 0.29) is 0 Å². The molecule has 4 heteroatoms. The number of aryl methyl sites for hydroxylation is 1. The Hall–Kier alpha value is -4.02. The molecular formula is C29H18N2OS. The summed E-state index contributed by atoms with van der Waals surface area (Å²) in [4.78, 5) is 9.64. The van der Waals surface area contributed by atoms with Crippen LogP contribution in [0, 0.1) is 6.92 Å². The van der Waals surface area contributed by atoms with Gasteiger partial charge in [-0.25, -0.2) is 9.97 Å². The standard InChI is InChI=1S/C29H18N2OS/c1-17-30-24(22-12-6-10-20-18-8-2-4-14-26(18)32-28(20)22)16-25(31-17)23-13-7-11-21-19-9-3-5-15-27(19)33-29(21)23/h2-16H,1H3. The summed E-state index contributed by atoms with van der Waals surface area (Å²) in [5.74, 6) is 0.744. The van der Waals surface area contributed by atoms with Crippen LogP contribution in [0.3, 0.4) is 0 Å². The van der Waals surface area contributed by atoms with Gasteiger partial charge in [-0.15, -0.1) is 11.3 Å². The summed E-state index contributed by atoms with van der Waals surface area (Å²) < 4.78 is 8.82. The lowest BCUT2D eigenvalue weighted by atomic mass is 10.0. The predicted molar refractivity (Wildman–Crippen MR) is 138 cm³/mol. The van der Waals surface area contributed by atoms with Crippen LogP contribution in [0.1, 0.15) is 5.82 Å². The molecule has 4 aromatic carbocycles. The lowest BCUT2D eigenvalue weighted by Crippen LogP contribution is -1.95. The minimum Gasteiger partial charge on any atom is -0.455 e. The quantitative estimate of drug-likeness (QED) is 0.270. The van der Waals surface area contributed by atoms with E-state index < -0.39 is 0 Å². The van der Waals surface area contributed by atoms with Crippen LogP contribution in [-0.2, 0) is 0 Å². The fraction of sp³-hybridized carbons (Fsp3) is 0.0345. The largest absolute Gasteiger partial charge is 0.455 e. The van der Waals surface area contributed by atoms with Crippen LogP contribution >= 0.6 is 11.3 Å². The van der Waals surface area contributed by atoms with Crippen LogP contribution in [0.5, 0.6) is 0 Å². The van der Waals surface area contributed by atoms with E-state index in [1.165, 1.54) is 20.2 Å². The van der Waals surface area contributed by atoms with E-state index in [1.54, 1.807) is 0 Å². The third-order valence-electron chi connectivity index (χ3n) is 6.20. The molecule has 0 amide bonds. The molecule has 0 bridgehead atoms. The van der Waals surface area contributed by atoms with Gasteiger partial charge in [0.25, 0.3) is 0 Å². The van der Waals surface area contributed by atoms with Gasteiger partial charge in [0.15, 0.2) is 0 Å². The monoisotopic (exact) mass is 442 g/mol. The normalized spacial score (nSPS) is 11.8. The Labute approximate surface area is 194 Å². The first kappa shape index (κ1) is 18.5. The van der Waals surface area contributed by atoms with Crippen LogP contribution in [0.25, 0.3) is 64.6 Å². The summed E-state index contributed by atoms with van der Waals surface area (Å²) in [5, 5.41) is 4.78. The van der Waals surface area contributed by atoms with E-state index >= 15 is 0 Å². The van der Waals surface area contributed by atoms with Crippen LogP contribution < -0.4 is 0 Å². The number of thiophene rings is 1. The molecule has 0 spiro atoms. The maximum absolute atomic E-state index is 6.28. The Balaban J connectivity index is 1.48. The number of fused-ring (bicyclic) bond motifs is 6. The Kier molecular flexibility index (Phi) is 3.93. The van der Waals surface area contributed by atoms with E-state index in [1.807, 2.05) is 36.5 Å². The summed E-state index contributed by atoms with van der Waals surface area (Å²) in [5.41, 5.74) is 5.68. The van der Waals surface area contributed by atoms with E-state index in [0.717, 1.165) is 50.3 Å². The molecule has 7 rings (SSSR count). The fourth-order valence-corrected chi connectivity index (χ4v) is 5.97. The maximum Gasteiger partial charge on any atom is 0.144 e. The number of nitrogens with zero attached hydrogens (tertiary/aromatic N) is 2. The molecule has 0 saturated heterocycles. The van der Waals surface area contributed by atoms with Gasteiger partial charge in [0.05, 0.1) is 11.4 Å². The van der Waals surface area contributed by atoms with Gasteiger partial charge >= 0.3 is 0 Å². The van der Waals surface area contributed by atoms with Crippen LogP contribution in [-0.4, -0.2) is 9.97 Å². The van der Waals surface area contributed by atoms with Crippen molar-refractivity contribution in [2.75, 3.05) is 0 Å². The van der Waals surface area contributed by atoms with Gasteiger partial charge in [0.1, 0.15) is 17.0 Å². The van der Waals surface area contributed by atoms with E-state index in [2.05, 4.69) is 72.8 Å². The minimum absolute atomic E-state index is 0.744. The second-order valence-corrected chi connectivity index (χ2v) is 9.30. The first-order valence-corrected chi connectivity index (χ1v) is 11.7. The third kappa shape index (κ3) is 2.81. The number of benzene rings is 4. The van der Waals surface area contributed by atoms with Crippen LogP contribution in [0.15, 0.2) is 95.4 Å². The summed E-state index contributed by atoms with van der Waals surface area (Å²) in [7, 11) is 0. The number of hydrogen-bond donors (Lipinski definition) is 0. The van der Waals surface area contributed by atoms with Gasteiger partial charge in [-0.1, -0.05) is 66.7 Å². The Morgan fingerprint density at radius 1 is 0.636 bits per heavy atom. The topological polar surface area (TPSA) is 38.9 Å².